The number of likely N-dealkylation sites (tertiary alicyclic amines) is 1. The van der Waals surface area contributed by atoms with Crippen LogP contribution in [0.2, 0.25) is 5.02 Å². The maximum atomic E-state index is 6.22. The van der Waals surface area contributed by atoms with Crippen LogP contribution < -0.4 is 15.3 Å². The molecule has 160 valence electrons. The van der Waals surface area contributed by atoms with E-state index in [-0.39, 0.29) is 6.10 Å². The number of benzene rings is 1. The van der Waals surface area contributed by atoms with Crippen LogP contribution in [0.3, 0.4) is 0 Å². The number of piperidine rings is 1. The lowest BCUT2D eigenvalue weighted by Gasteiger charge is -2.32. The van der Waals surface area contributed by atoms with Gasteiger partial charge in [-0.1, -0.05) is 29.8 Å². The molecule has 1 aliphatic heterocycles. The SMILES string of the molecule is COC1=CC=c2c(C)cn(CCCN3CCC(Oc4ccccc4Cl)CC3)c2=CC1. The summed E-state index contributed by atoms with van der Waals surface area (Å²) in [4.78, 5) is 2.56. The Bertz CT molecular complexity index is 1020. The van der Waals surface area contributed by atoms with E-state index in [2.05, 4.69) is 40.8 Å². The molecule has 4 nitrogen and oxygen atoms in total. The monoisotopic (exact) mass is 426 g/mol. The minimum Gasteiger partial charge on any atom is -0.501 e. The highest BCUT2D eigenvalue weighted by molar-refractivity contribution is 6.32. The van der Waals surface area contributed by atoms with Crippen molar-refractivity contribution in [3.63, 3.8) is 0 Å². The third-order valence-electron chi connectivity index (χ3n) is 6.09. The van der Waals surface area contributed by atoms with Crippen molar-refractivity contribution in [2.45, 2.75) is 45.3 Å². The molecule has 4 rings (SSSR count). The van der Waals surface area contributed by atoms with E-state index in [0.29, 0.717) is 5.02 Å². The zero-order valence-electron chi connectivity index (χ0n) is 17.9. The number of allylic oxidation sites excluding steroid dienone is 2. The van der Waals surface area contributed by atoms with Crippen LogP contribution in [-0.4, -0.2) is 42.3 Å². The van der Waals surface area contributed by atoms with Gasteiger partial charge in [-0.2, -0.15) is 0 Å². The Kier molecular flexibility index (Phi) is 6.86. The summed E-state index contributed by atoms with van der Waals surface area (Å²) in [6, 6.07) is 7.75. The molecule has 30 heavy (non-hydrogen) atoms. The first-order valence-corrected chi connectivity index (χ1v) is 11.3. The second-order valence-corrected chi connectivity index (χ2v) is 8.57. The van der Waals surface area contributed by atoms with E-state index in [4.69, 9.17) is 21.1 Å². The summed E-state index contributed by atoms with van der Waals surface area (Å²) in [7, 11) is 1.74. The van der Waals surface area contributed by atoms with Crippen LogP contribution in [-0.2, 0) is 11.3 Å². The Morgan fingerprint density at radius 2 is 1.90 bits per heavy atom. The summed E-state index contributed by atoms with van der Waals surface area (Å²) in [6.45, 7) is 6.52. The van der Waals surface area contributed by atoms with E-state index in [9.17, 15) is 0 Å². The van der Waals surface area contributed by atoms with E-state index in [1.165, 1.54) is 16.1 Å². The van der Waals surface area contributed by atoms with Gasteiger partial charge in [0.05, 0.1) is 17.9 Å². The molecule has 0 bridgehead atoms. The van der Waals surface area contributed by atoms with E-state index >= 15 is 0 Å². The molecular weight excluding hydrogens is 396 g/mol. The zero-order valence-corrected chi connectivity index (χ0v) is 18.7. The molecule has 0 N–H and O–H groups in total. The van der Waals surface area contributed by atoms with Crippen molar-refractivity contribution in [1.29, 1.82) is 0 Å². The van der Waals surface area contributed by atoms with Gasteiger partial charge in [0.1, 0.15) is 11.9 Å². The molecule has 1 aliphatic carbocycles. The number of nitrogens with zero attached hydrogens (tertiary/aromatic N) is 2. The molecule has 0 amide bonds. The smallest absolute Gasteiger partial charge is 0.138 e. The number of hydrogen-bond donors (Lipinski definition) is 0. The van der Waals surface area contributed by atoms with Gasteiger partial charge in [0.15, 0.2) is 0 Å². The number of rotatable bonds is 7. The summed E-state index contributed by atoms with van der Waals surface area (Å²) in [6.07, 6.45) is 13.2. The number of aromatic nitrogens is 1. The van der Waals surface area contributed by atoms with Crippen LogP contribution in [0.5, 0.6) is 5.75 Å². The molecule has 1 aromatic heterocycles. The van der Waals surface area contributed by atoms with Crippen LogP contribution >= 0.6 is 11.6 Å². The Morgan fingerprint density at radius 3 is 2.67 bits per heavy atom. The standard InChI is InChI=1S/C25H31ClN2O2/c1-19-18-28(24-11-9-20(29-2)8-10-22(19)24)15-5-14-27-16-12-21(13-17-27)30-25-7-4-3-6-23(25)26/h3-4,6-8,10-11,18,21H,5,9,12-17H2,1-2H3. The van der Waals surface area contributed by atoms with Crippen molar-refractivity contribution in [2.75, 3.05) is 26.7 Å². The topological polar surface area (TPSA) is 26.6 Å². The number of aryl methyl sites for hydroxylation is 2. The molecule has 0 spiro atoms. The summed E-state index contributed by atoms with van der Waals surface area (Å²) < 4.78 is 14.0. The number of methoxy groups -OCH3 is 1. The van der Waals surface area contributed by atoms with Crippen LogP contribution in [0.1, 0.15) is 31.2 Å². The van der Waals surface area contributed by atoms with Crippen LogP contribution in [0.15, 0.2) is 42.3 Å². The molecule has 1 saturated heterocycles. The molecule has 2 aliphatic rings. The molecule has 0 radical (unpaired) electrons. The average molecular weight is 427 g/mol. The van der Waals surface area contributed by atoms with Gasteiger partial charge in [-0.25, -0.2) is 0 Å². The Labute approximate surface area is 184 Å². The second kappa shape index (κ2) is 9.76. The third kappa shape index (κ3) is 4.93. The Morgan fingerprint density at radius 1 is 1.10 bits per heavy atom. The fourth-order valence-corrected chi connectivity index (χ4v) is 4.57. The Balaban J connectivity index is 1.27. The van der Waals surface area contributed by atoms with E-state index in [1.807, 2.05) is 24.3 Å². The molecule has 5 heteroatoms. The lowest BCUT2D eigenvalue weighted by atomic mass is 10.1. The highest BCUT2D eigenvalue weighted by Gasteiger charge is 2.21. The number of fused-ring (bicyclic) bond motifs is 1. The van der Waals surface area contributed by atoms with Gasteiger partial charge in [-0.3, -0.25) is 0 Å². The molecule has 1 fully saturated rings. The van der Waals surface area contributed by atoms with Gasteiger partial charge in [0.25, 0.3) is 0 Å². The maximum Gasteiger partial charge on any atom is 0.138 e. The first-order valence-electron chi connectivity index (χ1n) is 10.9. The summed E-state index contributed by atoms with van der Waals surface area (Å²) >= 11 is 6.22. The molecular formula is C25H31ClN2O2. The second-order valence-electron chi connectivity index (χ2n) is 8.16. The van der Waals surface area contributed by atoms with Crippen LogP contribution in [0.4, 0.5) is 0 Å². The first-order chi connectivity index (χ1) is 14.6. The summed E-state index contributed by atoms with van der Waals surface area (Å²) in [5.41, 5.74) is 1.33. The fraction of sp³-hybridized carbons (Fsp3) is 0.440. The predicted molar refractivity (Wildman–Crippen MR) is 123 cm³/mol. The minimum absolute atomic E-state index is 0.261. The largest absolute Gasteiger partial charge is 0.501 e. The lowest BCUT2D eigenvalue weighted by molar-refractivity contribution is 0.0993. The van der Waals surface area contributed by atoms with E-state index < -0.39 is 0 Å². The van der Waals surface area contributed by atoms with Gasteiger partial charge in [0, 0.05) is 42.8 Å². The van der Waals surface area contributed by atoms with Crippen molar-refractivity contribution in [3.8, 4) is 5.75 Å². The number of hydrogen-bond acceptors (Lipinski definition) is 3. The molecule has 2 heterocycles. The number of halogens is 1. The molecule has 0 atom stereocenters. The molecule has 2 aromatic rings. The van der Waals surface area contributed by atoms with Crippen LogP contribution in [0.25, 0.3) is 12.2 Å². The lowest BCUT2D eigenvalue weighted by Crippen LogP contribution is -2.39. The quantitative estimate of drug-likeness (QED) is 0.672. The Hall–Kier alpha value is -2.17. The minimum atomic E-state index is 0.261. The summed E-state index contributed by atoms with van der Waals surface area (Å²) in [5.74, 6) is 1.82. The normalized spacial score (nSPS) is 17.4. The third-order valence-corrected chi connectivity index (χ3v) is 6.40. The van der Waals surface area contributed by atoms with E-state index in [1.54, 1.807) is 7.11 Å². The van der Waals surface area contributed by atoms with Gasteiger partial charge in [-0.15, -0.1) is 0 Å². The molecule has 0 saturated carbocycles. The van der Waals surface area contributed by atoms with Crippen molar-refractivity contribution in [2.24, 2.45) is 0 Å². The predicted octanol–water partition coefficient (Wildman–Crippen LogP) is 3.88. The highest BCUT2D eigenvalue weighted by atomic mass is 35.5. The number of ether oxygens (including phenoxy) is 2. The summed E-state index contributed by atoms with van der Waals surface area (Å²) in [5, 5.41) is 3.34. The van der Waals surface area contributed by atoms with Crippen LogP contribution in [0, 0.1) is 6.92 Å². The van der Waals surface area contributed by atoms with E-state index in [0.717, 1.165) is 63.4 Å². The zero-order chi connectivity index (χ0) is 20.9. The van der Waals surface area contributed by atoms with Gasteiger partial charge in [0.2, 0.25) is 0 Å². The van der Waals surface area contributed by atoms with Crippen molar-refractivity contribution >= 4 is 23.8 Å². The highest BCUT2D eigenvalue weighted by Crippen LogP contribution is 2.26. The number of para-hydroxylation sites is 1. The van der Waals surface area contributed by atoms with Gasteiger partial charge < -0.3 is 18.9 Å². The van der Waals surface area contributed by atoms with Crippen molar-refractivity contribution < 1.29 is 9.47 Å². The first kappa shape index (κ1) is 21.1. The molecule has 1 aromatic carbocycles. The van der Waals surface area contributed by atoms with Gasteiger partial charge in [-0.05, 0) is 62.6 Å². The fourth-order valence-electron chi connectivity index (χ4n) is 4.39. The molecule has 0 unspecified atom stereocenters. The van der Waals surface area contributed by atoms with Gasteiger partial charge >= 0.3 is 0 Å². The van der Waals surface area contributed by atoms with Crippen molar-refractivity contribution in [1.82, 2.24) is 9.47 Å². The van der Waals surface area contributed by atoms with Crippen molar-refractivity contribution in [3.05, 3.63) is 63.5 Å². The maximum absolute atomic E-state index is 6.22. The average Bonchev–Trinajstić information content (AvgIpc) is 2.92.